The summed E-state index contributed by atoms with van der Waals surface area (Å²) in [5.41, 5.74) is 0.997. The third-order valence-electron chi connectivity index (χ3n) is 2.10. The first kappa shape index (κ1) is 11.9. The van der Waals surface area contributed by atoms with Crippen LogP contribution < -0.4 is 5.32 Å². The lowest BCUT2D eigenvalue weighted by molar-refractivity contribution is 0.102. The number of amides is 1. The Balaban J connectivity index is 2.20. The summed E-state index contributed by atoms with van der Waals surface area (Å²) in [4.78, 5) is 15.7. The molecule has 2 aromatic rings. The molecule has 1 aromatic carbocycles. The van der Waals surface area contributed by atoms with Crippen molar-refractivity contribution in [3.05, 3.63) is 58.3 Å². The van der Waals surface area contributed by atoms with Gasteiger partial charge in [0.2, 0.25) is 0 Å². The molecule has 0 spiro atoms. The number of carbonyl (C=O) groups is 1. The van der Waals surface area contributed by atoms with Crippen molar-refractivity contribution in [2.45, 2.75) is 0 Å². The van der Waals surface area contributed by atoms with Crippen LogP contribution in [0.4, 0.5) is 5.69 Å². The Kier molecular flexibility index (Phi) is 3.61. The number of halogens is 2. The van der Waals surface area contributed by atoms with E-state index in [2.05, 4.69) is 10.3 Å². The predicted molar refractivity (Wildman–Crippen MR) is 68.7 cm³/mol. The van der Waals surface area contributed by atoms with Crippen LogP contribution in [0.5, 0.6) is 0 Å². The molecular weight excluding hydrogens is 259 g/mol. The van der Waals surface area contributed by atoms with Crippen LogP contribution in [-0.4, -0.2) is 10.9 Å². The Labute approximate surface area is 108 Å². The molecule has 0 bridgehead atoms. The number of hydrogen-bond donors (Lipinski definition) is 1. The standard InChI is InChI=1S/C12H8Cl2N2O/c13-8-2-1-3-9(6-8)16-12(17)10-4-5-15-7-11(10)14/h1-7H,(H,16,17). The van der Waals surface area contributed by atoms with Gasteiger partial charge < -0.3 is 5.32 Å². The second kappa shape index (κ2) is 5.17. The summed E-state index contributed by atoms with van der Waals surface area (Å²) in [5, 5.41) is 3.58. The van der Waals surface area contributed by atoms with Crippen LogP contribution in [0, 0.1) is 0 Å². The number of rotatable bonds is 2. The first-order valence-corrected chi connectivity index (χ1v) is 5.59. The van der Waals surface area contributed by atoms with E-state index in [0.717, 1.165) is 0 Å². The van der Waals surface area contributed by atoms with Crippen LogP contribution in [0.2, 0.25) is 10.0 Å². The van der Waals surface area contributed by atoms with Crippen LogP contribution in [0.1, 0.15) is 10.4 Å². The summed E-state index contributed by atoms with van der Waals surface area (Å²) in [6, 6.07) is 8.46. The smallest absolute Gasteiger partial charge is 0.257 e. The molecule has 0 saturated heterocycles. The highest BCUT2D eigenvalue weighted by Gasteiger charge is 2.09. The SMILES string of the molecule is O=C(Nc1cccc(Cl)c1)c1ccncc1Cl. The van der Waals surface area contributed by atoms with Gasteiger partial charge in [0.1, 0.15) is 0 Å². The Bertz CT molecular complexity index is 558. The van der Waals surface area contributed by atoms with Gasteiger partial charge in [-0.15, -0.1) is 0 Å². The zero-order valence-corrected chi connectivity index (χ0v) is 10.2. The maximum Gasteiger partial charge on any atom is 0.257 e. The molecule has 1 N–H and O–H groups in total. The molecular formula is C12H8Cl2N2O. The number of anilines is 1. The minimum absolute atomic E-state index is 0.292. The number of nitrogens with zero attached hydrogens (tertiary/aromatic N) is 1. The van der Waals surface area contributed by atoms with E-state index in [9.17, 15) is 4.79 Å². The highest BCUT2D eigenvalue weighted by Crippen LogP contribution is 2.18. The summed E-state index contributed by atoms with van der Waals surface area (Å²) in [6.45, 7) is 0. The van der Waals surface area contributed by atoms with E-state index in [1.807, 2.05) is 0 Å². The van der Waals surface area contributed by atoms with Gasteiger partial charge in [-0.05, 0) is 24.3 Å². The number of carbonyl (C=O) groups excluding carboxylic acids is 1. The van der Waals surface area contributed by atoms with Gasteiger partial charge in [0.25, 0.3) is 5.91 Å². The van der Waals surface area contributed by atoms with Gasteiger partial charge in [-0.25, -0.2) is 0 Å². The van der Waals surface area contributed by atoms with Crippen LogP contribution in [-0.2, 0) is 0 Å². The molecule has 0 atom stereocenters. The quantitative estimate of drug-likeness (QED) is 0.902. The van der Waals surface area contributed by atoms with Gasteiger partial charge in [-0.1, -0.05) is 29.3 Å². The second-order valence-electron chi connectivity index (χ2n) is 3.32. The lowest BCUT2D eigenvalue weighted by Gasteiger charge is -2.06. The largest absolute Gasteiger partial charge is 0.322 e. The van der Waals surface area contributed by atoms with Crippen molar-refractivity contribution in [2.24, 2.45) is 0 Å². The topological polar surface area (TPSA) is 42.0 Å². The van der Waals surface area contributed by atoms with Crippen molar-refractivity contribution in [3.63, 3.8) is 0 Å². The second-order valence-corrected chi connectivity index (χ2v) is 4.16. The van der Waals surface area contributed by atoms with Crippen LogP contribution in [0.3, 0.4) is 0 Å². The molecule has 0 aliphatic rings. The summed E-state index contributed by atoms with van der Waals surface area (Å²) < 4.78 is 0. The minimum atomic E-state index is -0.292. The van der Waals surface area contributed by atoms with Gasteiger partial charge in [0.15, 0.2) is 0 Å². The third kappa shape index (κ3) is 2.96. The highest BCUT2D eigenvalue weighted by molar-refractivity contribution is 6.34. The van der Waals surface area contributed by atoms with Gasteiger partial charge in [-0.3, -0.25) is 9.78 Å². The zero-order chi connectivity index (χ0) is 12.3. The molecule has 1 amide bonds. The molecule has 0 radical (unpaired) electrons. The van der Waals surface area contributed by atoms with E-state index in [4.69, 9.17) is 23.2 Å². The average molecular weight is 267 g/mol. The molecule has 5 heteroatoms. The monoisotopic (exact) mass is 266 g/mol. The molecule has 2 rings (SSSR count). The fourth-order valence-corrected chi connectivity index (χ4v) is 1.72. The lowest BCUT2D eigenvalue weighted by atomic mass is 10.2. The first-order valence-electron chi connectivity index (χ1n) is 4.83. The van der Waals surface area contributed by atoms with Gasteiger partial charge in [-0.2, -0.15) is 0 Å². The van der Waals surface area contributed by atoms with E-state index in [1.165, 1.54) is 12.4 Å². The van der Waals surface area contributed by atoms with E-state index in [1.54, 1.807) is 30.3 Å². The molecule has 0 unspecified atom stereocenters. The van der Waals surface area contributed by atoms with E-state index < -0.39 is 0 Å². The summed E-state index contributed by atoms with van der Waals surface area (Å²) in [7, 11) is 0. The molecule has 17 heavy (non-hydrogen) atoms. The van der Waals surface area contributed by atoms with Crippen molar-refractivity contribution in [2.75, 3.05) is 5.32 Å². The lowest BCUT2D eigenvalue weighted by Crippen LogP contribution is -2.12. The maximum absolute atomic E-state index is 11.9. The van der Waals surface area contributed by atoms with Crippen LogP contribution in [0.25, 0.3) is 0 Å². The molecule has 0 saturated carbocycles. The molecule has 86 valence electrons. The van der Waals surface area contributed by atoms with Gasteiger partial charge in [0, 0.05) is 23.1 Å². The van der Waals surface area contributed by atoms with Crippen molar-refractivity contribution < 1.29 is 4.79 Å². The first-order chi connectivity index (χ1) is 8.16. The molecule has 0 aliphatic heterocycles. The zero-order valence-electron chi connectivity index (χ0n) is 8.65. The Hall–Kier alpha value is -1.58. The van der Waals surface area contributed by atoms with Crippen molar-refractivity contribution in [1.29, 1.82) is 0 Å². The predicted octanol–water partition coefficient (Wildman–Crippen LogP) is 3.64. The Morgan fingerprint density at radius 1 is 1.24 bits per heavy atom. The number of pyridine rings is 1. The minimum Gasteiger partial charge on any atom is -0.322 e. The summed E-state index contributed by atoms with van der Waals surface area (Å²) in [5.74, 6) is -0.292. The molecule has 0 fully saturated rings. The normalized spacial score (nSPS) is 10.0. The Morgan fingerprint density at radius 3 is 2.76 bits per heavy atom. The third-order valence-corrected chi connectivity index (χ3v) is 2.64. The van der Waals surface area contributed by atoms with Crippen LogP contribution in [0.15, 0.2) is 42.7 Å². The molecule has 3 nitrogen and oxygen atoms in total. The Morgan fingerprint density at radius 2 is 2.06 bits per heavy atom. The number of benzene rings is 1. The van der Waals surface area contributed by atoms with E-state index >= 15 is 0 Å². The molecule has 0 aliphatic carbocycles. The highest BCUT2D eigenvalue weighted by atomic mass is 35.5. The van der Waals surface area contributed by atoms with E-state index in [0.29, 0.717) is 21.3 Å². The average Bonchev–Trinajstić information content (AvgIpc) is 2.29. The summed E-state index contributed by atoms with van der Waals surface area (Å²) >= 11 is 11.7. The number of hydrogen-bond acceptors (Lipinski definition) is 2. The number of nitrogens with one attached hydrogen (secondary N) is 1. The summed E-state index contributed by atoms with van der Waals surface area (Å²) in [6.07, 6.45) is 2.94. The molecule has 1 heterocycles. The van der Waals surface area contributed by atoms with Gasteiger partial charge in [0.05, 0.1) is 10.6 Å². The van der Waals surface area contributed by atoms with Crippen molar-refractivity contribution >= 4 is 34.8 Å². The van der Waals surface area contributed by atoms with E-state index in [-0.39, 0.29) is 5.91 Å². The van der Waals surface area contributed by atoms with Gasteiger partial charge >= 0.3 is 0 Å². The fourth-order valence-electron chi connectivity index (χ4n) is 1.32. The fraction of sp³-hybridized carbons (Fsp3) is 0. The maximum atomic E-state index is 11.9. The molecule has 1 aromatic heterocycles. The number of aromatic nitrogens is 1. The van der Waals surface area contributed by atoms with Crippen molar-refractivity contribution in [1.82, 2.24) is 4.98 Å². The van der Waals surface area contributed by atoms with Crippen LogP contribution >= 0.6 is 23.2 Å². The van der Waals surface area contributed by atoms with Crippen molar-refractivity contribution in [3.8, 4) is 0 Å².